The Morgan fingerprint density at radius 1 is 0.625 bits per heavy atom. The van der Waals surface area contributed by atoms with Crippen molar-refractivity contribution in [1.82, 2.24) is 0 Å². The Kier molecular flexibility index (Phi) is 11.4. The fourth-order valence-electron chi connectivity index (χ4n) is 3.38. The third-order valence-corrected chi connectivity index (χ3v) is 28.5. The van der Waals surface area contributed by atoms with Crippen LogP contribution in [-0.4, -0.2) is 70.3 Å². The lowest BCUT2D eigenvalue weighted by Crippen LogP contribution is -2.57. The molecule has 0 aromatic heterocycles. The van der Waals surface area contributed by atoms with Crippen molar-refractivity contribution in [2.75, 3.05) is 6.61 Å². The van der Waals surface area contributed by atoms with Gasteiger partial charge < -0.3 is 22.4 Å². The molecule has 0 N–H and O–H groups in total. The highest BCUT2D eigenvalue weighted by Crippen LogP contribution is 2.45. The SMILES string of the molecule is CC(C)(C)[Si](C)(C)OC[C@@H](O[Si](C)(C)C(C)(C)C)[C@@H]1OC(=O)[C@H](O[Si](C)(C)C(C)(C)C)[C@H]1O[Si](C)(C)C(C)(C)C. The molecule has 0 aromatic rings. The Morgan fingerprint density at radius 3 is 1.38 bits per heavy atom. The molecular formula is C30H66O6Si4. The Bertz CT molecular complexity index is 873. The van der Waals surface area contributed by atoms with Crippen molar-refractivity contribution in [3.8, 4) is 0 Å². The molecule has 0 radical (unpaired) electrons. The normalized spacial score (nSPS) is 23.4. The molecule has 1 heterocycles. The van der Waals surface area contributed by atoms with Crippen LogP contribution >= 0.6 is 0 Å². The minimum absolute atomic E-state index is 0.0162. The molecule has 1 saturated heterocycles. The predicted molar refractivity (Wildman–Crippen MR) is 179 cm³/mol. The maximum atomic E-state index is 13.7. The zero-order valence-electron chi connectivity index (χ0n) is 30.0. The fraction of sp³-hybridized carbons (Fsp3) is 0.967. The van der Waals surface area contributed by atoms with E-state index in [1.165, 1.54) is 0 Å². The van der Waals surface area contributed by atoms with Crippen LogP contribution in [0.5, 0.6) is 0 Å². The first-order valence-electron chi connectivity index (χ1n) is 15.2. The third kappa shape index (κ3) is 8.86. The number of carbonyl (C=O) groups is 1. The Hall–Kier alpha value is 0.178. The minimum Gasteiger partial charge on any atom is -0.455 e. The van der Waals surface area contributed by atoms with Crippen molar-refractivity contribution < 1.29 is 27.2 Å². The molecule has 1 aliphatic heterocycles. The molecule has 238 valence electrons. The van der Waals surface area contributed by atoms with E-state index in [0.29, 0.717) is 6.61 Å². The number of carbonyl (C=O) groups excluding carboxylic acids is 1. The second kappa shape index (κ2) is 11.9. The van der Waals surface area contributed by atoms with Crippen LogP contribution in [0.1, 0.15) is 83.1 Å². The van der Waals surface area contributed by atoms with Crippen LogP contribution in [0.25, 0.3) is 0 Å². The number of esters is 1. The Balaban J connectivity index is 3.68. The van der Waals surface area contributed by atoms with Gasteiger partial charge in [0, 0.05) is 0 Å². The van der Waals surface area contributed by atoms with E-state index in [1.54, 1.807) is 0 Å². The summed E-state index contributed by atoms with van der Waals surface area (Å²) in [6.45, 7) is 44.9. The van der Waals surface area contributed by atoms with Gasteiger partial charge in [0.25, 0.3) is 0 Å². The van der Waals surface area contributed by atoms with Gasteiger partial charge in [-0.25, -0.2) is 4.79 Å². The topological polar surface area (TPSA) is 63.2 Å². The summed E-state index contributed by atoms with van der Waals surface area (Å²) >= 11 is 0. The van der Waals surface area contributed by atoms with E-state index < -0.39 is 57.7 Å². The van der Waals surface area contributed by atoms with Crippen LogP contribution in [0.3, 0.4) is 0 Å². The van der Waals surface area contributed by atoms with Gasteiger partial charge >= 0.3 is 5.97 Å². The lowest BCUT2D eigenvalue weighted by Gasteiger charge is -2.45. The average molecular weight is 635 g/mol. The van der Waals surface area contributed by atoms with E-state index in [-0.39, 0.29) is 26.1 Å². The highest BCUT2D eigenvalue weighted by Gasteiger charge is 2.57. The summed E-state index contributed by atoms with van der Waals surface area (Å²) in [4.78, 5) is 13.7. The van der Waals surface area contributed by atoms with Gasteiger partial charge in [0.1, 0.15) is 12.2 Å². The molecule has 0 saturated carbocycles. The van der Waals surface area contributed by atoms with Gasteiger partial charge in [-0.3, -0.25) is 0 Å². The van der Waals surface area contributed by atoms with Gasteiger partial charge in [0.15, 0.2) is 45.5 Å². The van der Waals surface area contributed by atoms with E-state index in [1.807, 2.05) is 0 Å². The zero-order valence-corrected chi connectivity index (χ0v) is 34.0. The summed E-state index contributed by atoms with van der Waals surface area (Å²) in [5.41, 5.74) is 0. The van der Waals surface area contributed by atoms with Gasteiger partial charge in [-0.05, 0) is 72.5 Å². The lowest BCUT2D eigenvalue weighted by molar-refractivity contribution is -0.150. The van der Waals surface area contributed by atoms with Gasteiger partial charge in [-0.15, -0.1) is 0 Å². The van der Waals surface area contributed by atoms with Crippen LogP contribution < -0.4 is 0 Å². The number of hydrogen-bond acceptors (Lipinski definition) is 6. The number of cyclic esters (lactones) is 1. The predicted octanol–water partition coefficient (Wildman–Crippen LogP) is 9.10. The molecule has 0 unspecified atom stereocenters. The lowest BCUT2D eigenvalue weighted by atomic mass is 10.1. The van der Waals surface area contributed by atoms with Crippen LogP contribution in [0, 0.1) is 0 Å². The molecule has 1 fully saturated rings. The molecule has 4 atom stereocenters. The molecule has 40 heavy (non-hydrogen) atoms. The van der Waals surface area contributed by atoms with E-state index in [0.717, 1.165) is 0 Å². The summed E-state index contributed by atoms with van der Waals surface area (Å²) in [5.74, 6) is -0.338. The highest BCUT2D eigenvalue weighted by atomic mass is 28.4. The molecule has 0 bridgehead atoms. The standard InChI is InChI=1S/C30H66O6Si4/c1-27(2,3)37(13,14)32-21-22(34-38(15,16)28(4,5)6)23-24(35-39(17,18)29(7,8)9)25(26(31)33-23)36-40(19,20)30(10,11)12/h22-25H,21H2,1-20H3/t22-,23+,24+,25-/m1/s1. The van der Waals surface area contributed by atoms with Crippen molar-refractivity contribution in [3.05, 3.63) is 0 Å². The summed E-state index contributed by atoms with van der Waals surface area (Å²) in [7, 11) is -8.97. The van der Waals surface area contributed by atoms with Crippen LogP contribution in [0.4, 0.5) is 0 Å². The largest absolute Gasteiger partial charge is 0.455 e. The minimum atomic E-state index is -2.31. The summed E-state index contributed by atoms with van der Waals surface area (Å²) < 4.78 is 34.0. The van der Waals surface area contributed by atoms with E-state index in [9.17, 15) is 4.79 Å². The van der Waals surface area contributed by atoms with Crippen molar-refractivity contribution in [2.24, 2.45) is 0 Å². The monoisotopic (exact) mass is 634 g/mol. The smallest absolute Gasteiger partial charge is 0.337 e. The van der Waals surface area contributed by atoms with Gasteiger partial charge in [-0.1, -0.05) is 83.1 Å². The maximum Gasteiger partial charge on any atom is 0.337 e. The summed E-state index contributed by atoms with van der Waals surface area (Å²) in [6.07, 6.45) is -2.38. The van der Waals surface area contributed by atoms with E-state index >= 15 is 0 Å². The molecule has 6 nitrogen and oxygen atoms in total. The summed E-state index contributed by atoms with van der Waals surface area (Å²) in [6, 6.07) is 0. The first-order chi connectivity index (χ1) is 17.3. The van der Waals surface area contributed by atoms with E-state index in [2.05, 4.69) is 135 Å². The average Bonchev–Trinajstić information content (AvgIpc) is 2.96. The molecule has 0 spiro atoms. The van der Waals surface area contributed by atoms with Crippen LogP contribution in [0.2, 0.25) is 72.5 Å². The van der Waals surface area contributed by atoms with Crippen molar-refractivity contribution in [1.29, 1.82) is 0 Å². The molecule has 1 rings (SSSR count). The van der Waals surface area contributed by atoms with Crippen LogP contribution in [0.15, 0.2) is 0 Å². The van der Waals surface area contributed by atoms with Gasteiger partial charge in [-0.2, -0.15) is 0 Å². The maximum absolute atomic E-state index is 13.7. The molecule has 0 aromatic carbocycles. The molecule has 10 heteroatoms. The second-order valence-corrected chi connectivity index (χ2v) is 37.1. The van der Waals surface area contributed by atoms with Crippen molar-refractivity contribution in [3.63, 3.8) is 0 Å². The van der Waals surface area contributed by atoms with Gasteiger partial charge in [0.2, 0.25) is 0 Å². The fourth-order valence-corrected chi connectivity index (χ4v) is 8.21. The molecule has 0 aliphatic carbocycles. The molecule has 0 amide bonds. The zero-order chi connectivity index (χ0) is 32.1. The molecule has 1 aliphatic rings. The quantitative estimate of drug-likeness (QED) is 0.176. The third-order valence-electron chi connectivity index (χ3n) is 10.6. The Morgan fingerprint density at radius 2 is 1.00 bits per heavy atom. The first kappa shape index (κ1) is 38.2. The van der Waals surface area contributed by atoms with E-state index in [4.69, 9.17) is 22.4 Å². The number of hydrogen-bond donors (Lipinski definition) is 0. The highest BCUT2D eigenvalue weighted by molar-refractivity contribution is 6.75. The Labute approximate surface area is 252 Å². The molecular weight excluding hydrogens is 569 g/mol. The number of rotatable bonds is 10. The summed E-state index contributed by atoms with van der Waals surface area (Å²) in [5, 5.41) is -0.0724. The second-order valence-electron chi connectivity index (χ2n) is 18.0. The van der Waals surface area contributed by atoms with Crippen LogP contribution in [-0.2, 0) is 27.2 Å². The first-order valence-corrected chi connectivity index (χ1v) is 26.8. The van der Waals surface area contributed by atoms with Crippen molar-refractivity contribution >= 4 is 39.2 Å². The van der Waals surface area contributed by atoms with Gasteiger partial charge in [0.05, 0.1) is 6.61 Å². The number of ether oxygens (including phenoxy) is 1. The van der Waals surface area contributed by atoms with Crippen molar-refractivity contribution in [2.45, 2.75) is 180 Å².